The second-order valence-corrected chi connectivity index (χ2v) is 3.32. The van der Waals surface area contributed by atoms with Crippen LogP contribution in [0.25, 0.3) is 17.0 Å². The lowest BCUT2D eigenvalue weighted by Gasteiger charge is -1.93. The van der Waals surface area contributed by atoms with Gasteiger partial charge in [0.1, 0.15) is 0 Å². The van der Waals surface area contributed by atoms with Crippen molar-refractivity contribution in [2.24, 2.45) is 0 Å². The number of halogens is 1. The van der Waals surface area contributed by atoms with Crippen LogP contribution in [0.4, 0.5) is 4.39 Å². The summed E-state index contributed by atoms with van der Waals surface area (Å²) in [5.41, 5.74) is 1.37. The molecule has 0 aliphatic heterocycles. The van der Waals surface area contributed by atoms with E-state index in [1.807, 2.05) is 12.3 Å². The van der Waals surface area contributed by atoms with Crippen molar-refractivity contribution < 1.29 is 4.39 Å². The zero-order valence-electron chi connectivity index (χ0n) is 8.21. The first-order valence-electron chi connectivity index (χ1n) is 4.74. The van der Waals surface area contributed by atoms with Gasteiger partial charge in [-0.25, -0.2) is 15.0 Å². The molecule has 0 unspecified atom stereocenters. The van der Waals surface area contributed by atoms with Crippen LogP contribution in [0.1, 0.15) is 0 Å². The van der Waals surface area contributed by atoms with E-state index in [9.17, 15) is 4.39 Å². The van der Waals surface area contributed by atoms with Crippen molar-refractivity contribution in [3.63, 3.8) is 0 Å². The molecule has 0 amide bonds. The highest BCUT2D eigenvalue weighted by molar-refractivity contribution is 5.60. The molecule has 3 rings (SSSR count). The maximum absolute atomic E-state index is 12.9. The molecule has 0 aliphatic rings. The van der Waals surface area contributed by atoms with Gasteiger partial charge in [-0.3, -0.25) is 4.40 Å². The second kappa shape index (κ2) is 3.37. The standard InChI is InChI=1S/C11H7FN4/c12-10-6-8(2-4-13-10)9-7-16-5-1-3-14-11(16)15-9/h1-7H. The van der Waals surface area contributed by atoms with Crippen molar-refractivity contribution >= 4 is 5.78 Å². The summed E-state index contributed by atoms with van der Waals surface area (Å²) in [6.07, 6.45) is 6.73. The number of aromatic nitrogens is 4. The van der Waals surface area contributed by atoms with Crippen molar-refractivity contribution in [3.05, 3.63) is 48.9 Å². The summed E-state index contributed by atoms with van der Waals surface area (Å²) in [5.74, 6) is 0.0808. The van der Waals surface area contributed by atoms with Crippen LogP contribution in [0, 0.1) is 5.95 Å². The predicted molar refractivity (Wildman–Crippen MR) is 56.2 cm³/mol. The van der Waals surface area contributed by atoms with Gasteiger partial charge >= 0.3 is 0 Å². The molecule has 0 aliphatic carbocycles. The van der Waals surface area contributed by atoms with E-state index in [2.05, 4.69) is 15.0 Å². The van der Waals surface area contributed by atoms with Gasteiger partial charge in [0.15, 0.2) is 0 Å². The Labute approximate surface area is 90.4 Å². The monoisotopic (exact) mass is 214 g/mol. The van der Waals surface area contributed by atoms with Crippen LogP contribution in [0.5, 0.6) is 0 Å². The number of fused-ring (bicyclic) bond motifs is 1. The summed E-state index contributed by atoms with van der Waals surface area (Å²) in [5, 5.41) is 0. The number of hydrogen-bond acceptors (Lipinski definition) is 3. The second-order valence-electron chi connectivity index (χ2n) is 3.32. The van der Waals surface area contributed by atoms with Crippen LogP contribution in [0.15, 0.2) is 43.0 Å². The fourth-order valence-electron chi connectivity index (χ4n) is 1.53. The Balaban J connectivity index is 2.19. The number of pyridine rings is 1. The molecule has 0 saturated carbocycles. The predicted octanol–water partition coefficient (Wildman–Crippen LogP) is 1.93. The van der Waals surface area contributed by atoms with Gasteiger partial charge in [0.05, 0.1) is 5.69 Å². The first-order valence-corrected chi connectivity index (χ1v) is 4.74. The van der Waals surface area contributed by atoms with Gasteiger partial charge < -0.3 is 0 Å². The molecule has 0 atom stereocenters. The van der Waals surface area contributed by atoms with Gasteiger partial charge in [0, 0.05) is 36.4 Å². The summed E-state index contributed by atoms with van der Waals surface area (Å²) < 4.78 is 14.7. The van der Waals surface area contributed by atoms with Gasteiger partial charge in [-0.2, -0.15) is 4.39 Å². The van der Waals surface area contributed by atoms with Crippen molar-refractivity contribution in [1.82, 2.24) is 19.4 Å². The van der Waals surface area contributed by atoms with E-state index in [1.165, 1.54) is 12.3 Å². The Morgan fingerprint density at radius 3 is 2.94 bits per heavy atom. The Kier molecular flexibility index (Phi) is 1.89. The Hall–Kier alpha value is -2.30. The van der Waals surface area contributed by atoms with E-state index in [4.69, 9.17) is 0 Å². The highest BCUT2D eigenvalue weighted by atomic mass is 19.1. The molecule has 0 bridgehead atoms. The molecule has 0 radical (unpaired) electrons. The largest absolute Gasteiger partial charge is 0.291 e. The maximum Gasteiger partial charge on any atom is 0.234 e. The van der Waals surface area contributed by atoms with Crippen molar-refractivity contribution in [2.45, 2.75) is 0 Å². The smallest absolute Gasteiger partial charge is 0.234 e. The minimum absolute atomic E-state index is 0.512. The molecule has 5 heteroatoms. The fraction of sp³-hybridized carbons (Fsp3) is 0. The summed E-state index contributed by atoms with van der Waals surface area (Å²) in [4.78, 5) is 11.9. The molecule has 16 heavy (non-hydrogen) atoms. The van der Waals surface area contributed by atoms with E-state index >= 15 is 0 Å². The summed E-state index contributed by atoms with van der Waals surface area (Å²) in [6, 6.07) is 4.87. The van der Waals surface area contributed by atoms with Gasteiger partial charge in [-0.1, -0.05) is 0 Å². The fourth-order valence-corrected chi connectivity index (χ4v) is 1.53. The first-order chi connectivity index (χ1) is 7.83. The normalized spacial score (nSPS) is 10.8. The van der Waals surface area contributed by atoms with E-state index in [0.717, 1.165) is 0 Å². The van der Waals surface area contributed by atoms with Gasteiger partial charge in [-0.15, -0.1) is 0 Å². The summed E-state index contributed by atoms with van der Waals surface area (Å²) >= 11 is 0. The van der Waals surface area contributed by atoms with Crippen LogP contribution < -0.4 is 0 Å². The van der Waals surface area contributed by atoms with Crippen LogP contribution in [-0.2, 0) is 0 Å². The van der Waals surface area contributed by atoms with Crippen LogP contribution in [-0.4, -0.2) is 19.4 Å². The van der Waals surface area contributed by atoms with Crippen LogP contribution in [0.2, 0.25) is 0 Å². The average molecular weight is 214 g/mol. The molecular formula is C11H7FN4. The zero-order chi connectivity index (χ0) is 11.0. The van der Waals surface area contributed by atoms with Crippen molar-refractivity contribution in [3.8, 4) is 11.3 Å². The van der Waals surface area contributed by atoms with Crippen LogP contribution >= 0.6 is 0 Å². The molecule has 4 nitrogen and oxygen atoms in total. The minimum Gasteiger partial charge on any atom is -0.291 e. The first kappa shape index (κ1) is 8.96. The molecular weight excluding hydrogens is 207 g/mol. The third-order valence-electron chi connectivity index (χ3n) is 2.26. The van der Waals surface area contributed by atoms with E-state index in [-0.39, 0.29) is 0 Å². The van der Waals surface area contributed by atoms with E-state index in [0.29, 0.717) is 17.0 Å². The number of hydrogen-bond donors (Lipinski definition) is 0. The lowest BCUT2D eigenvalue weighted by atomic mass is 10.2. The number of nitrogens with zero attached hydrogens (tertiary/aromatic N) is 4. The van der Waals surface area contributed by atoms with Gasteiger partial charge in [0.2, 0.25) is 11.7 Å². The lowest BCUT2D eigenvalue weighted by Crippen LogP contribution is -1.83. The minimum atomic E-state index is -0.512. The highest BCUT2D eigenvalue weighted by Crippen LogP contribution is 2.17. The molecule has 3 heterocycles. The molecule has 0 fully saturated rings. The highest BCUT2D eigenvalue weighted by Gasteiger charge is 2.05. The van der Waals surface area contributed by atoms with Crippen molar-refractivity contribution in [1.29, 1.82) is 0 Å². The molecule has 0 spiro atoms. The van der Waals surface area contributed by atoms with Gasteiger partial charge in [0.25, 0.3) is 0 Å². The quantitative estimate of drug-likeness (QED) is 0.581. The molecule has 0 saturated heterocycles. The topological polar surface area (TPSA) is 43.1 Å². The third-order valence-corrected chi connectivity index (χ3v) is 2.26. The van der Waals surface area contributed by atoms with Crippen LogP contribution in [0.3, 0.4) is 0 Å². The van der Waals surface area contributed by atoms with E-state index in [1.54, 1.807) is 22.9 Å². The third kappa shape index (κ3) is 1.42. The SMILES string of the molecule is Fc1cc(-c2cn3cccnc3n2)ccn1. The molecule has 3 aromatic heterocycles. The van der Waals surface area contributed by atoms with Gasteiger partial charge in [-0.05, 0) is 12.1 Å². The Morgan fingerprint density at radius 1 is 1.19 bits per heavy atom. The molecule has 0 N–H and O–H groups in total. The Morgan fingerprint density at radius 2 is 2.12 bits per heavy atom. The van der Waals surface area contributed by atoms with E-state index < -0.39 is 5.95 Å². The Bertz CT molecular complexity index is 614. The lowest BCUT2D eigenvalue weighted by molar-refractivity contribution is 0.584. The average Bonchev–Trinajstić information content (AvgIpc) is 2.72. The zero-order valence-corrected chi connectivity index (χ0v) is 8.21. The molecule has 0 aromatic carbocycles. The number of rotatable bonds is 1. The number of imidazole rings is 1. The molecule has 3 aromatic rings. The summed E-state index contributed by atoms with van der Waals surface area (Å²) in [6.45, 7) is 0. The summed E-state index contributed by atoms with van der Waals surface area (Å²) in [7, 11) is 0. The van der Waals surface area contributed by atoms with Crippen molar-refractivity contribution in [2.75, 3.05) is 0 Å². The maximum atomic E-state index is 12.9. The molecule has 78 valence electrons.